The van der Waals surface area contributed by atoms with Crippen LogP contribution in [0.3, 0.4) is 0 Å². The molecule has 0 saturated carbocycles. The van der Waals surface area contributed by atoms with Crippen molar-refractivity contribution in [1.82, 2.24) is 0 Å². The van der Waals surface area contributed by atoms with Gasteiger partial charge in [0.1, 0.15) is 16.9 Å². The highest BCUT2D eigenvalue weighted by molar-refractivity contribution is 8.00. The average molecular weight is 372 g/mol. The Morgan fingerprint density at radius 2 is 2.04 bits per heavy atom. The van der Waals surface area contributed by atoms with Gasteiger partial charge in [-0.15, -0.1) is 11.8 Å². The van der Waals surface area contributed by atoms with Crippen molar-refractivity contribution in [2.45, 2.75) is 5.37 Å². The number of carbonyl (C=O) groups excluding carboxylic acids is 1. The number of halogens is 3. The molecule has 1 fully saturated rings. The van der Waals surface area contributed by atoms with Crippen molar-refractivity contribution >= 4 is 46.6 Å². The second-order valence-corrected chi connectivity index (χ2v) is 6.76. The van der Waals surface area contributed by atoms with E-state index >= 15 is 0 Å². The molecule has 1 amide bonds. The fraction of sp³-hybridized carbons (Fsp3) is 0.188. The lowest BCUT2D eigenvalue weighted by atomic mass is 10.1. The Morgan fingerprint density at radius 3 is 2.70 bits per heavy atom. The minimum Gasteiger partial charge on any atom is -0.495 e. The van der Waals surface area contributed by atoms with E-state index in [1.165, 1.54) is 35.9 Å². The van der Waals surface area contributed by atoms with Crippen LogP contribution in [0.1, 0.15) is 10.9 Å². The van der Waals surface area contributed by atoms with E-state index in [9.17, 15) is 9.18 Å². The standard InChI is InChI=1S/C16H12Cl2FNO2S/c1-22-13-6-5-9(7-11(13)18)20-14(21)8-23-16(20)15-10(17)3-2-4-12(15)19/h2-7,16H,8H2,1H3. The number of rotatable bonds is 3. The summed E-state index contributed by atoms with van der Waals surface area (Å²) in [5.41, 5.74) is 0.882. The van der Waals surface area contributed by atoms with Gasteiger partial charge in [-0.3, -0.25) is 9.69 Å². The van der Waals surface area contributed by atoms with E-state index in [1.807, 2.05) is 0 Å². The van der Waals surface area contributed by atoms with E-state index in [0.29, 0.717) is 27.0 Å². The number of benzene rings is 2. The molecule has 1 aliphatic rings. The van der Waals surface area contributed by atoms with E-state index in [2.05, 4.69) is 0 Å². The highest BCUT2D eigenvalue weighted by Crippen LogP contribution is 2.45. The highest BCUT2D eigenvalue weighted by Gasteiger charge is 2.37. The molecule has 23 heavy (non-hydrogen) atoms. The topological polar surface area (TPSA) is 29.5 Å². The predicted molar refractivity (Wildman–Crippen MR) is 92.1 cm³/mol. The first-order chi connectivity index (χ1) is 11.0. The van der Waals surface area contributed by atoms with Crippen molar-refractivity contribution in [2.75, 3.05) is 17.8 Å². The SMILES string of the molecule is COc1ccc(N2C(=O)CSC2c2c(F)cccc2Cl)cc1Cl. The lowest BCUT2D eigenvalue weighted by molar-refractivity contribution is -0.115. The molecule has 0 aromatic heterocycles. The molecule has 1 aliphatic heterocycles. The molecule has 0 radical (unpaired) electrons. The Labute approximate surface area is 147 Å². The van der Waals surface area contributed by atoms with Crippen LogP contribution in [0.5, 0.6) is 5.75 Å². The average Bonchev–Trinajstić information content (AvgIpc) is 2.88. The number of nitrogens with zero attached hydrogens (tertiary/aromatic N) is 1. The van der Waals surface area contributed by atoms with Gasteiger partial charge in [0.2, 0.25) is 5.91 Å². The summed E-state index contributed by atoms with van der Waals surface area (Å²) in [5, 5.41) is 0.149. The van der Waals surface area contributed by atoms with Crippen LogP contribution in [0.4, 0.5) is 10.1 Å². The zero-order valence-corrected chi connectivity index (χ0v) is 14.4. The van der Waals surface area contributed by atoms with E-state index in [0.717, 1.165) is 0 Å². The second kappa shape index (κ2) is 6.59. The summed E-state index contributed by atoms with van der Waals surface area (Å²) in [6.07, 6.45) is 0. The maximum Gasteiger partial charge on any atom is 0.238 e. The van der Waals surface area contributed by atoms with Crippen LogP contribution in [0.25, 0.3) is 0 Å². The van der Waals surface area contributed by atoms with Gasteiger partial charge in [-0.1, -0.05) is 29.3 Å². The Hall–Kier alpha value is -1.43. The number of thioether (sulfide) groups is 1. The van der Waals surface area contributed by atoms with Crippen LogP contribution in [0, 0.1) is 5.82 Å². The minimum atomic E-state index is -0.527. The van der Waals surface area contributed by atoms with Crippen molar-refractivity contribution < 1.29 is 13.9 Å². The number of ether oxygens (including phenoxy) is 1. The summed E-state index contributed by atoms with van der Waals surface area (Å²) < 4.78 is 19.4. The monoisotopic (exact) mass is 371 g/mol. The fourth-order valence-electron chi connectivity index (χ4n) is 2.47. The zero-order valence-electron chi connectivity index (χ0n) is 12.1. The minimum absolute atomic E-state index is 0.124. The zero-order chi connectivity index (χ0) is 16.6. The molecule has 2 aromatic rings. The molecule has 0 aliphatic carbocycles. The van der Waals surface area contributed by atoms with E-state index in [4.69, 9.17) is 27.9 Å². The largest absolute Gasteiger partial charge is 0.495 e. The molecule has 1 atom stereocenters. The maximum atomic E-state index is 14.2. The Bertz CT molecular complexity index is 751. The molecule has 1 unspecified atom stereocenters. The fourth-order valence-corrected chi connectivity index (χ4v) is 4.29. The van der Waals surface area contributed by atoms with Gasteiger partial charge in [0.15, 0.2) is 0 Å². The summed E-state index contributed by atoms with van der Waals surface area (Å²) >= 11 is 13.6. The van der Waals surface area contributed by atoms with Crippen LogP contribution < -0.4 is 9.64 Å². The van der Waals surface area contributed by atoms with Crippen molar-refractivity contribution in [3.63, 3.8) is 0 Å². The third-order valence-corrected chi connectivity index (χ3v) is 5.33. The van der Waals surface area contributed by atoms with Crippen LogP contribution in [-0.4, -0.2) is 18.8 Å². The van der Waals surface area contributed by atoms with E-state index < -0.39 is 11.2 Å². The van der Waals surface area contributed by atoms with Gasteiger partial charge in [-0.05, 0) is 30.3 Å². The van der Waals surface area contributed by atoms with Crippen molar-refractivity contribution in [2.24, 2.45) is 0 Å². The lowest BCUT2D eigenvalue weighted by Gasteiger charge is -2.25. The molecule has 2 aromatic carbocycles. The molecule has 7 heteroatoms. The Balaban J connectivity index is 2.06. The summed E-state index contributed by atoms with van der Waals surface area (Å²) in [5.74, 6) is 0.198. The van der Waals surface area contributed by atoms with Crippen LogP contribution in [0.15, 0.2) is 36.4 Å². The van der Waals surface area contributed by atoms with Gasteiger partial charge >= 0.3 is 0 Å². The molecular formula is C16H12Cl2FNO2S. The summed E-state index contributed by atoms with van der Waals surface area (Å²) in [6, 6.07) is 9.51. The molecule has 0 N–H and O–H groups in total. The number of anilines is 1. The van der Waals surface area contributed by atoms with Gasteiger partial charge in [0.05, 0.1) is 17.9 Å². The number of amides is 1. The quantitative estimate of drug-likeness (QED) is 0.766. The maximum absolute atomic E-state index is 14.2. The van der Waals surface area contributed by atoms with Crippen molar-refractivity contribution in [1.29, 1.82) is 0 Å². The van der Waals surface area contributed by atoms with Crippen LogP contribution in [-0.2, 0) is 4.79 Å². The van der Waals surface area contributed by atoms with Gasteiger partial charge in [0, 0.05) is 16.3 Å². The van der Waals surface area contributed by atoms with E-state index in [-0.39, 0.29) is 11.7 Å². The number of hydrogen-bond donors (Lipinski definition) is 0. The third-order valence-electron chi connectivity index (χ3n) is 3.53. The third kappa shape index (κ3) is 3.01. The van der Waals surface area contributed by atoms with Crippen molar-refractivity contribution in [3.05, 3.63) is 57.8 Å². The number of methoxy groups -OCH3 is 1. The first-order valence-corrected chi connectivity index (χ1v) is 8.54. The van der Waals surface area contributed by atoms with Crippen LogP contribution >= 0.6 is 35.0 Å². The first kappa shape index (κ1) is 16.4. The smallest absolute Gasteiger partial charge is 0.238 e. The molecule has 3 rings (SSSR count). The Morgan fingerprint density at radius 1 is 1.26 bits per heavy atom. The molecule has 3 nitrogen and oxygen atoms in total. The van der Waals surface area contributed by atoms with E-state index in [1.54, 1.807) is 24.3 Å². The van der Waals surface area contributed by atoms with Gasteiger partial charge in [0.25, 0.3) is 0 Å². The lowest BCUT2D eigenvalue weighted by Crippen LogP contribution is -2.28. The Kier molecular flexibility index (Phi) is 4.71. The normalized spacial score (nSPS) is 17.7. The molecule has 120 valence electrons. The molecular weight excluding hydrogens is 360 g/mol. The highest BCUT2D eigenvalue weighted by atomic mass is 35.5. The summed E-state index contributed by atoms with van der Waals surface area (Å²) in [6.45, 7) is 0. The number of hydrogen-bond acceptors (Lipinski definition) is 3. The van der Waals surface area contributed by atoms with Gasteiger partial charge in [-0.25, -0.2) is 4.39 Å². The predicted octanol–water partition coefficient (Wildman–Crippen LogP) is 4.92. The molecule has 0 bridgehead atoms. The molecule has 1 saturated heterocycles. The second-order valence-electron chi connectivity index (χ2n) is 4.88. The van der Waals surface area contributed by atoms with Gasteiger partial charge in [-0.2, -0.15) is 0 Å². The van der Waals surface area contributed by atoms with Gasteiger partial charge < -0.3 is 4.74 Å². The number of carbonyl (C=O) groups is 1. The van der Waals surface area contributed by atoms with Crippen molar-refractivity contribution in [3.8, 4) is 5.75 Å². The summed E-state index contributed by atoms with van der Waals surface area (Å²) in [7, 11) is 1.51. The molecule has 1 heterocycles. The molecule has 0 spiro atoms. The van der Waals surface area contributed by atoms with Crippen LogP contribution in [0.2, 0.25) is 10.0 Å². The first-order valence-electron chi connectivity index (χ1n) is 6.74. The summed E-state index contributed by atoms with van der Waals surface area (Å²) in [4.78, 5) is 13.8.